The molecule has 1 aliphatic rings. The summed E-state index contributed by atoms with van der Waals surface area (Å²) in [6.07, 6.45) is 3.76. The number of aromatic nitrogens is 1. The van der Waals surface area contributed by atoms with E-state index in [1.54, 1.807) is 18.2 Å². The number of nitrogens with one attached hydrogen (secondary N) is 2. The first-order chi connectivity index (χ1) is 12.1. The zero-order valence-electron chi connectivity index (χ0n) is 14.0. The van der Waals surface area contributed by atoms with Gasteiger partial charge in [0.2, 0.25) is 0 Å². The number of H-pyrrole nitrogens is 1. The zero-order chi connectivity index (χ0) is 17.6. The predicted molar refractivity (Wildman–Crippen MR) is 98.6 cm³/mol. The van der Waals surface area contributed by atoms with E-state index in [9.17, 15) is 9.18 Å². The molecule has 0 bridgehead atoms. The number of benzene rings is 2. The van der Waals surface area contributed by atoms with Crippen LogP contribution in [0.4, 0.5) is 10.1 Å². The molecule has 0 saturated heterocycles. The monoisotopic (exact) mass is 332 g/mol. The molecule has 0 saturated carbocycles. The van der Waals surface area contributed by atoms with Crippen LogP contribution in [0.5, 0.6) is 0 Å². The molecule has 4 heteroatoms. The Balaban J connectivity index is 1.95. The molecule has 0 aliphatic carbocycles. The Bertz CT molecular complexity index is 1030. The predicted octanol–water partition coefficient (Wildman–Crippen LogP) is 4.93. The maximum Gasteiger partial charge on any atom is 0.256 e. The Labute approximate surface area is 145 Å². The van der Waals surface area contributed by atoms with Gasteiger partial charge in [0.15, 0.2) is 0 Å². The van der Waals surface area contributed by atoms with Gasteiger partial charge in [-0.05, 0) is 48.7 Å². The number of anilines is 1. The van der Waals surface area contributed by atoms with Crippen molar-refractivity contribution < 1.29 is 9.18 Å². The number of hydrogen-bond acceptors (Lipinski definition) is 1. The molecule has 4 rings (SSSR count). The van der Waals surface area contributed by atoms with E-state index < -0.39 is 0 Å². The van der Waals surface area contributed by atoms with Gasteiger partial charge in [0.05, 0.1) is 5.57 Å². The molecule has 3 nitrogen and oxygen atoms in total. The number of carbonyl (C=O) groups is 1. The molecular formula is C21H17FN2O. The molecule has 0 spiro atoms. The van der Waals surface area contributed by atoms with E-state index in [2.05, 4.69) is 10.3 Å². The highest BCUT2D eigenvalue weighted by atomic mass is 19.1. The molecule has 1 aliphatic heterocycles. The van der Waals surface area contributed by atoms with Gasteiger partial charge in [-0.25, -0.2) is 4.39 Å². The van der Waals surface area contributed by atoms with Crippen molar-refractivity contribution in [3.8, 4) is 11.1 Å². The summed E-state index contributed by atoms with van der Waals surface area (Å²) in [5.74, 6) is -0.480. The smallest absolute Gasteiger partial charge is 0.256 e. The highest BCUT2D eigenvalue weighted by Crippen LogP contribution is 2.41. The van der Waals surface area contributed by atoms with Gasteiger partial charge in [-0.1, -0.05) is 30.3 Å². The van der Waals surface area contributed by atoms with Crippen LogP contribution in [0.1, 0.15) is 22.4 Å². The summed E-state index contributed by atoms with van der Waals surface area (Å²) in [6.45, 7) is 4.02. The normalized spacial score (nSPS) is 14.7. The molecule has 124 valence electrons. The van der Waals surface area contributed by atoms with Crippen molar-refractivity contribution in [2.24, 2.45) is 0 Å². The Morgan fingerprint density at radius 1 is 1.00 bits per heavy atom. The van der Waals surface area contributed by atoms with E-state index in [1.165, 1.54) is 6.07 Å². The van der Waals surface area contributed by atoms with E-state index >= 15 is 0 Å². The number of aromatic amines is 1. The van der Waals surface area contributed by atoms with Crippen molar-refractivity contribution in [2.75, 3.05) is 5.32 Å². The van der Waals surface area contributed by atoms with Crippen LogP contribution < -0.4 is 5.32 Å². The molecule has 0 unspecified atom stereocenters. The Hall–Kier alpha value is -3.14. The molecule has 0 fully saturated rings. The van der Waals surface area contributed by atoms with E-state index in [4.69, 9.17) is 0 Å². The van der Waals surface area contributed by atoms with Gasteiger partial charge in [-0.3, -0.25) is 4.79 Å². The third kappa shape index (κ3) is 2.47. The van der Waals surface area contributed by atoms with Crippen molar-refractivity contribution in [3.05, 3.63) is 76.9 Å². The molecule has 0 radical (unpaired) electrons. The van der Waals surface area contributed by atoms with Crippen molar-refractivity contribution >= 4 is 23.2 Å². The highest BCUT2D eigenvalue weighted by Gasteiger charge is 2.28. The summed E-state index contributed by atoms with van der Waals surface area (Å²) < 4.78 is 14.3. The number of halogens is 1. The van der Waals surface area contributed by atoms with Gasteiger partial charge in [0.1, 0.15) is 5.82 Å². The Morgan fingerprint density at radius 2 is 1.76 bits per heavy atom. The molecule has 0 atom stereocenters. The molecule has 2 N–H and O–H groups in total. The molecule has 2 heterocycles. The van der Waals surface area contributed by atoms with Crippen LogP contribution in [0.25, 0.3) is 22.8 Å². The molecular weight excluding hydrogens is 315 g/mol. The lowest BCUT2D eigenvalue weighted by Gasteiger charge is -2.09. The topological polar surface area (TPSA) is 44.9 Å². The Kier molecular flexibility index (Phi) is 3.53. The lowest BCUT2D eigenvalue weighted by Crippen LogP contribution is -2.03. The SMILES string of the molecule is Cc1c[nH]c(/C=C2\C(=O)Nc3cccc(-c4ccccc4F)c32)c1C. The van der Waals surface area contributed by atoms with E-state index in [0.717, 1.165) is 22.4 Å². The second-order valence-corrected chi connectivity index (χ2v) is 6.23. The Morgan fingerprint density at radius 3 is 2.48 bits per heavy atom. The van der Waals surface area contributed by atoms with Crippen LogP contribution in [0.3, 0.4) is 0 Å². The van der Waals surface area contributed by atoms with Crippen molar-refractivity contribution in [3.63, 3.8) is 0 Å². The lowest BCUT2D eigenvalue weighted by molar-refractivity contribution is -0.110. The minimum atomic E-state index is -0.304. The average molecular weight is 332 g/mol. The lowest BCUT2D eigenvalue weighted by atomic mass is 9.94. The maximum absolute atomic E-state index is 14.3. The summed E-state index contributed by atoms with van der Waals surface area (Å²) >= 11 is 0. The summed E-state index contributed by atoms with van der Waals surface area (Å²) in [6, 6.07) is 12.1. The van der Waals surface area contributed by atoms with E-state index in [1.807, 2.05) is 44.3 Å². The largest absolute Gasteiger partial charge is 0.361 e. The quantitative estimate of drug-likeness (QED) is 0.642. The number of amides is 1. The maximum atomic E-state index is 14.3. The third-order valence-corrected chi connectivity index (χ3v) is 4.72. The number of carbonyl (C=O) groups excluding carboxylic acids is 1. The van der Waals surface area contributed by atoms with Gasteiger partial charge >= 0.3 is 0 Å². The first kappa shape index (κ1) is 15.4. The first-order valence-electron chi connectivity index (χ1n) is 8.12. The second-order valence-electron chi connectivity index (χ2n) is 6.23. The zero-order valence-corrected chi connectivity index (χ0v) is 14.0. The van der Waals surface area contributed by atoms with Gasteiger partial charge < -0.3 is 10.3 Å². The summed E-state index contributed by atoms with van der Waals surface area (Å²) in [5.41, 5.74) is 6.30. The average Bonchev–Trinajstić information content (AvgIpc) is 3.09. The number of aryl methyl sites for hydroxylation is 1. The van der Waals surface area contributed by atoms with E-state index in [0.29, 0.717) is 22.4 Å². The molecule has 25 heavy (non-hydrogen) atoms. The van der Waals surface area contributed by atoms with Crippen LogP contribution in [-0.4, -0.2) is 10.9 Å². The van der Waals surface area contributed by atoms with Crippen molar-refractivity contribution in [1.82, 2.24) is 4.98 Å². The summed E-state index contributed by atoms with van der Waals surface area (Å²) in [4.78, 5) is 15.7. The van der Waals surface area contributed by atoms with Crippen LogP contribution in [0, 0.1) is 19.7 Å². The minimum absolute atomic E-state index is 0.176. The summed E-state index contributed by atoms with van der Waals surface area (Å²) in [7, 11) is 0. The van der Waals surface area contributed by atoms with E-state index in [-0.39, 0.29) is 11.7 Å². The molecule has 3 aromatic rings. The van der Waals surface area contributed by atoms with Crippen LogP contribution in [0.15, 0.2) is 48.7 Å². The second kappa shape index (κ2) is 5.74. The number of hydrogen-bond donors (Lipinski definition) is 2. The highest BCUT2D eigenvalue weighted by molar-refractivity contribution is 6.36. The fourth-order valence-electron chi connectivity index (χ4n) is 3.20. The first-order valence-corrected chi connectivity index (χ1v) is 8.12. The number of fused-ring (bicyclic) bond motifs is 1. The van der Waals surface area contributed by atoms with Crippen LogP contribution >= 0.6 is 0 Å². The molecule has 2 aromatic carbocycles. The summed E-state index contributed by atoms with van der Waals surface area (Å²) in [5, 5.41) is 2.88. The van der Waals surface area contributed by atoms with Gasteiger partial charge in [0, 0.05) is 28.7 Å². The van der Waals surface area contributed by atoms with Crippen LogP contribution in [0.2, 0.25) is 0 Å². The molecule has 1 amide bonds. The fourth-order valence-corrected chi connectivity index (χ4v) is 3.20. The molecule has 1 aromatic heterocycles. The fraction of sp³-hybridized carbons (Fsp3) is 0.0952. The number of rotatable bonds is 2. The standard InChI is InChI=1S/C21H17FN2O/c1-12-11-23-19(13(12)2)10-16-20-15(14-6-3-4-8-17(14)22)7-5-9-18(20)24-21(16)25/h3-11,23H,1-2H3,(H,24,25)/b16-10-. The van der Waals surface area contributed by atoms with Gasteiger partial charge in [0.25, 0.3) is 5.91 Å². The van der Waals surface area contributed by atoms with Gasteiger partial charge in [-0.2, -0.15) is 0 Å². The van der Waals surface area contributed by atoms with Crippen LogP contribution in [-0.2, 0) is 4.79 Å². The third-order valence-electron chi connectivity index (χ3n) is 4.72. The van der Waals surface area contributed by atoms with Crippen molar-refractivity contribution in [2.45, 2.75) is 13.8 Å². The van der Waals surface area contributed by atoms with Gasteiger partial charge in [-0.15, -0.1) is 0 Å². The van der Waals surface area contributed by atoms with Crippen molar-refractivity contribution in [1.29, 1.82) is 0 Å². The minimum Gasteiger partial charge on any atom is -0.361 e.